The van der Waals surface area contributed by atoms with Gasteiger partial charge in [0.2, 0.25) is 5.03 Å². The lowest BCUT2D eigenvalue weighted by Gasteiger charge is -2.32. The maximum atomic E-state index is 13.7. The van der Waals surface area contributed by atoms with Crippen LogP contribution in [-0.4, -0.2) is 43.4 Å². The number of rotatable bonds is 4. The summed E-state index contributed by atoms with van der Waals surface area (Å²) in [6, 6.07) is 2.37. The number of pyridine rings is 1. The van der Waals surface area contributed by atoms with E-state index in [9.17, 15) is 12.8 Å². The molecule has 106 valence electrons. The predicted molar refractivity (Wildman–Crippen MR) is 69.7 cm³/mol. The number of aromatic nitrogens is 1. The number of likely N-dealkylation sites (N-methyl/N-ethyl adjacent to an activating group) is 1. The van der Waals surface area contributed by atoms with Crippen molar-refractivity contribution in [3.8, 4) is 0 Å². The lowest BCUT2D eigenvalue weighted by Crippen LogP contribution is -2.48. The van der Waals surface area contributed by atoms with Crippen LogP contribution in [0.2, 0.25) is 0 Å². The molecule has 1 atom stereocenters. The fourth-order valence-electron chi connectivity index (χ4n) is 2.38. The van der Waals surface area contributed by atoms with Gasteiger partial charge in [-0.2, -0.15) is 4.31 Å². The minimum Gasteiger partial charge on any atom is -0.315 e. The van der Waals surface area contributed by atoms with Crippen molar-refractivity contribution in [2.24, 2.45) is 0 Å². The minimum absolute atomic E-state index is 0.134. The second-order valence-electron chi connectivity index (χ2n) is 4.50. The van der Waals surface area contributed by atoms with Gasteiger partial charge in [0.15, 0.2) is 5.82 Å². The van der Waals surface area contributed by atoms with Crippen LogP contribution in [0.15, 0.2) is 23.4 Å². The predicted octanol–water partition coefficient (Wildman–Crippen LogP) is 0.983. The zero-order valence-electron chi connectivity index (χ0n) is 10.8. The fraction of sp³-hybridized carbons (Fsp3) is 0.583. The van der Waals surface area contributed by atoms with Gasteiger partial charge in [-0.05, 0) is 31.5 Å². The third-order valence-electron chi connectivity index (χ3n) is 3.27. The monoisotopic (exact) mass is 287 g/mol. The number of piperidine rings is 1. The van der Waals surface area contributed by atoms with E-state index in [-0.39, 0.29) is 6.04 Å². The Labute approximate surface area is 112 Å². The first-order valence-electron chi connectivity index (χ1n) is 6.40. The number of hydrogen-bond acceptors (Lipinski definition) is 4. The summed E-state index contributed by atoms with van der Waals surface area (Å²) in [5.74, 6) is -0.801. The summed E-state index contributed by atoms with van der Waals surface area (Å²) in [5, 5.41) is 2.68. The lowest BCUT2D eigenvalue weighted by molar-refractivity contribution is 0.273. The third kappa shape index (κ3) is 2.93. The largest absolute Gasteiger partial charge is 0.315 e. The van der Waals surface area contributed by atoms with E-state index in [4.69, 9.17) is 0 Å². The number of sulfonamides is 1. The van der Waals surface area contributed by atoms with Crippen molar-refractivity contribution in [2.45, 2.75) is 30.8 Å². The molecule has 7 heteroatoms. The smallest absolute Gasteiger partial charge is 0.263 e. The summed E-state index contributed by atoms with van der Waals surface area (Å²) in [4.78, 5) is 3.69. The van der Waals surface area contributed by atoms with E-state index < -0.39 is 20.9 Å². The molecule has 1 aromatic rings. The Morgan fingerprint density at radius 3 is 2.95 bits per heavy atom. The highest BCUT2D eigenvalue weighted by Crippen LogP contribution is 2.21. The summed E-state index contributed by atoms with van der Waals surface area (Å²) in [7, 11) is -3.87. The van der Waals surface area contributed by atoms with Crippen LogP contribution in [0.3, 0.4) is 0 Å². The Morgan fingerprint density at radius 1 is 1.58 bits per heavy atom. The number of nitrogens with zero attached hydrogens (tertiary/aromatic N) is 2. The number of halogens is 1. The fourth-order valence-corrected chi connectivity index (χ4v) is 4.02. The Kier molecular flexibility index (Phi) is 4.49. The Balaban J connectivity index is 2.33. The molecule has 0 spiro atoms. The highest BCUT2D eigenvalue weighted by atomic mass is 32.2. The molecule has 1 unspecified atom stereocenters. The van der Waals surface area contributed by atoms with Crippen molar-refractivity contribution < 1.29 is 12.8 Å². The van der Waals surface area contributed by atoms with E-state index >= 15 is 0 Å². The highest BCUT2D eigenvalue weighted by molar-refractivity contribution is 7.89. The van der Waals surface area contributed by atoms with Gasteiger partial charge in [0.1, 0.15) is 0 Å². The van der Waals surface area contributed by atoms with Crippen LogP contribution in [0.5, 0.6) is 0 Å². The highest BCUT2D eigenvalue weighted by Gasteiger charge is 2.33. The van der Waals surface area contributed by atoms with Crippen molar-refractivity contribution in [1.82, 2.24) is 14.6 Å². The van der Waals surface area contributed by atoms with E-state index in [0.29, 0.717) is 13.1 Å². The van der Waals surface area contributed by atoms with E-state index in [1.807, 2.05) is 0 Å². The van der Waals surface area contributed by atoms with Gasteiger partial charge in [0, 0.05) is 25.3 Å². The Morgan fingerprint density at radius 2 is 2.37 bits per heavy atom. The van der Waals surface area contributed by atoms with Crippen molar-refractivity contribution in [2.75, 3.05) is 19.6 Å². The molecule has 19 heavy (non-hydrogen) atoms. The van der Waals surface area contributed by atoms with Gasteiger partial charge in [-0.1, -0.05) is 6.92 Å². The van der Waals surface area contributed by atoms with Gasteiger partial charge in [-0.25, -0.2) is 17.8 Å². The molecular formula is C12H18FN3O2S. The molecule has 1 fully saturated rings. The van der Waals surface area contributed by atoms with E-state index in [2.05, 4.69) is 10.3 Å². The molecule has 0 aliphatic carbocycles. The zero-order chi connectivity index (χ0) is 13.9. The van der Waals surface area contributed by atoms with Crippen molar-refractivity contribution in [1.29, 1.82) is 0 Å². The molecule has 0 bridgehead atoms. The van der Waals surface area contributed by atoms with Crippen molar-refractivity contribution in [3.05, 3.63) is 24.1 Å². The van der Waals surface area contributed by atoms with Crippen LogP contribution in [-0.2, 0) is 10.0 Å². The number of nitrogens with one attached hydrogen (secondary N) is 1. The standard InChI is InChI=1S/C12H18FN3O2S/c1-2-16(10-5-3-7-14-9-10)19(17,18)12-11(13)6-4-8-15-12/h4,6,8,10,14H,2-3,5,7,9H2,1H3. The molecule has 1 aliphatic rings. The topological polar surface area (TPSA) is 62.3 Å². The molecule has 1 saturated heterocycles. The first-order chi connectivity index (χ1) is 9.07. The zero-order valence-corrected chi connectivity index (χ0v) is 11.7. The van der Waals surface area contributed by atoms with Crippen LogP contribution < -0.4 is 5.32 Å². The second kappa shape index (κ2) is 5.94. The third-order valence-corrected chi connectivity index (χ3v) is 5.23. The maximum absolute atomic E-state index is 13.7. The molecule has 0 saturated carbocycles. The summed E-state index contributed by atoms with van der Waals surface area (Å²) < 4.78 is 40.0. The van der Waals surface area contributed by atoms with Crippen molar-refractivity contribution >= 4 is 10.0 Å². The van der Waals surface area contributed by atoms with Gasteiger partial charge in [0.25, 0.3) is 10.0 Å². The molecule has 2 rings (SSSR count). The van der Waals surface area contributed by atoms with Crippen LogP contribution in [0.1, 0.15) is 19.8 Å². The van der Waals surface area contributed by atoms with E-state index in [1.165, 1.54) is 16.6 Å². The first kappa shape index (κ1) is 14.4. The van der Waals surface area contributed by atoms with Crippen LogP contribution in [0.25, 0.3) is 0 Å². The molecular weight excluding hydrogens is 269 g/mol. The summed E-state index contributed by atoms with van der Waals surface area (Å²) in [6.45, 7) is 3.56. The molecule has 2 heterocycles. The summed E-state index contributed by atoms with van der Waals surface area (Å²) in [6.07, 6.45) is 3.00. The van der Waals surface area contributed by atoms with Gasteiger partial charge in [-0.15, -0.1) is 0 Å². The summed E-state index contributed by atoms with van der Waals surface area (Å²) >= 11 is 0. The average molecular weight is 287 g/mol. The van der Waals surface area contributed by atoms with Crippen molar-refractivity contribution in [3.63, 3.8) is 0 Å². The quantitative estimate of drug-likeness (QED) is 0.897. The molecule has 0 radical (unpaired) electrons. The molecule has 1 aliphatic heterocycles. The van der Waals surface area contributed by atoms with Crippen LogP contribution >= 0.6 is 0 Å². The van der Waals surface area contributed by atoms with Gasteiger partial charge >= 0.3 is 0 Å². The van der Waals surface area contributed by atoms with E-state index in [1.54, 1.807) is 6.92 Å². The normalized spacial score (nSPS) is 20.7. The first-order valence-corrected chi connectivity index (χ1v) is 7.84. The molecule has 1 aromatic heterocycles. The van der Waals surface area contributed by atoms with Crippen LogP contribution in [0.4, 0.5) is 4.39 Å². The molecule has 0 aromatic carbocycles. The minimum atomic E-state index is -3.87. The Bertz CT molecular complexity index is 530. The van der Waals surface area contributed by atoms with Gasteiger partial charge < -0.3 is 5.32 Å². The number of hydrogen-bond donors (Lipinski definition) is 1. The van der Waals surface area contributed by atoms with Crippen LogP contribution in [0, 0.1) is 5.82 Å². The van der Waals surface area contributed by atoms with Gasteiger partial charge in [0.05, 0.1) is 0 Å². The Hall–Kier alpha value is -1.05. The second-order valence-corrected chi connectivity index (χ2v) is 6.30. The molecule has 5 nitrogen and oxygen atoms in total. The maximum Gasteiger partial charge on any atom is 0.263 e. The molecule has 1 N–H and O–H groups in total. The molecule has 0 amide bonds. The summed E-state index contributed by atoms with van der Waals surface area (Å²) in [5.41, 5.74) is 0. The average Bonchev–Trinajstić information content (AvgIpc) is 2.40. The van der Waals surface area contributed by atoms with Gasteiger partial charge in [-0.3, -0.25) is 0 Å². The van der Waals surface area contributed by atoms with E-state index in [0.717, 1.165) is 25.5 Å². The SMILES string of the molecule is CCN(C1CCCNC1)S(=O)(=O)c1ncccc1F. The lowest BCUT2D eigenvalue weighted by atomic mass is 10.1.